The van der Waals surface area contributed by atoms with Gasteiger partial charge in [-0.3, -0.25) is 4.79 Å². The van der Waals surface area contributed by atoms with Crippen molar-refractivity contribution < 1.29 is 9.21 Å². The molecule has 0 bridgehead atoms. The van der Waals surface area contributed by atoms with Gasteiger partial charge in [0, 0.05) is 33.3 Å². The third-order valence-corrected chi connectivity index (χ3v) is 5.06. The van der Waals surface area contributed by atoms with Crippen molar-refractivity contribution in [2.75, 3.05) is 25.5 Å². The minimum absolute atomic E-state index is 0.0391. The van der Waals surface area contributed by atoms with Gasteiger partial charge in [0.15, 0.2) is 5.58 Å². The van der Waals surface area contributed by atoms with Crippen molar-refractivity contribution in [1.82, 2.24) is 9.88 Å². The molecule has 1 aliphatic heterocycles. The van der Waals surface area contributed by atoms with Gasteiger partial charge in [-0.25, -0.2) is 4.98 Å². The predicted octanol–water partition coefficient (Wildman–Crippen LogP) is 4.24. The molecule has 0 N–H and O–H groups in total. The monoisotopic (exact) mass is 349 g/mol. The highest BCUT2D eigenvalue weighted by Crippen LogP contribution is 2.34. The van der Waals surface area contributed by atoms with Crippen LogP contribution in [-0.4, -0.2) is 36.4 Å². The van der Waals surface area contributed by atoms with Gasteiger partial charge >= 0.3 is 0 Å². The molecular formula is C21H23N3O2. The lowest BCUT2D eigenvalue weighted by Crippen LogP contribution is -2.28. The molecular weight excluding hydrogens is 326 g/mol. The molecule has 2 heterocycles. The van der Waals surface area contributed by atoms with Crippen molar-refractivity contribution in [3.05, 3.63) is 48.4 Å². The van der Waals surface area contributed by atoms with Gasteiger partial charge in [-0.15, -0.1) is 0 Å². The van der Waals surface area contributed by atoms with Crippen molar-refractivity contribution in [2.24, 2.45) is 0 Å². The number of rotatable bonds is 3. The van der Waals surface area contributed by atoms with Crippen LogP contribution >= 0.6 is 0 Å². The molecule has 1 atom stereocenters. The summed E-state index contributed by atoms with van der Waals surface area (Å²) in [5.74, 6) is 0.726. The quantitative estimate of drug-likeness (QED) is 0.709. The van der Waals surface area contributed by atoms with E-state index in [1.54, 1.807) is 6.92 Å². The molecule has 0 saturated carbocycles. The SMILES string of the molecule is CC(=O)N1CCC[C@H]1c1nc2cc(-c3ccc(N(C)C)cc3)ccc2o1. The molecule has 0 spiro atoms. The van der Waals surface area contributed by atoms with Gasteiger partial charge in [0.1, 0.15) is 11.6 Å². The van der Waals surface area contributed by atoms with E-state index in [9.17, 15) is 4.79 Å². The van der Waals surface area contributed by atoms with Crippen LogP contribution in [0.3, 0.4) is 0 Å². The Hall–Kier alpha value is -2.82. The Morgan fingerprint density at radius 1 is 1.15 bits per heavy atom. The normalized spacial score (nSPS) is 17.0. The zero-order valence-corrected chi connectivity index (χ0v) is 15.4. The van der Waals surface area contributed by atoms with Crippen LogP contribution in [0.5, 0.6) is 0 Å². The Kier molecular flexibility index (Phi) is 4.15. The average Bonchev–Trinajstić information content (AvgIpc) is 3.27. The van der Waals surface area contributed by atoms with Crippen molar-refractivity contribution in [3.8, 4) is 11.1 Å². The summed E-state index contributed by atoms with van der Waals surface area (Å²) in [7, 11) is 4.07. The maximum atomic E-state index is 11.8. The summed E-state index contributed by atoms with van der Waals surface area (Å²) < 4.78 is 5.96. The fourth-order valence-electron chi connectivity index (χ4n) is 3.62. The Bertz CT molecular complexity index is 944. The highest BCUT2D eigenvalue weighted by molar-refractivity contribution is 5.81. The van der Waals surface area contributed by atoms with Gasteiger partial charge < -0.3 is 14.2 Å². The van der Waals surface area contributed by atoms with E-state index in [0.717, 1.165) is 41.6 Å². The number of hydrogen-bond donors (Lipinski definition) is 0. The summed E-state index contributed by atoms with van der Waals surface area (Å²) in [4.78, 5) is 20.4. The number of amides is 1. The molecule has 0 radical (unpaired) electrons. The van der Waals surface area contributed by atoms with Gasteiger partial charge in [0.25, 0.3) is 0 Å². The Labute approximate surface area is 153 Å². The number of carbonyl (C=O) groups excluding carboxylic acids is 1. The maximum Gasteiger partial charge on any atom is 0.220 e. The molecule has 5 nitrogen and oxygen atoms in total. The lowest BCUT2D eigenvalue weighted by Gasteiger charge is -2.19. The number of anilines is 1. The number of likely N-dealkylation sites (tertiary alicyclic amines) is 1. The van der Waals surface area contributed by atoms with E-state index in [4.69, 9.17) is 9.40 Å². The molecule has 5 heteroatoms. The summed E-state index contributed by atoms with van der Waals surface area (Å²) >= 11 is 0. The first kappa shape index (κ1) is 16.6. The second kappa shape index (κ2) is 6.48. The van der Waals surface area contributed by atoms with E-state index in [-0.39, 0.29) is 11.9 Å². The van der Waals surface area contributed by atoms with Gasteiger partial charge in [0.05, 0.1) is 0 Å². The van der Waals surface area contributed by atoms with Crippen LogP contribution in [0.25, 0.3) is 22.2 Å². The molecule has 134 valence electrons. The van der Waals surface area contributed by atoms with Gasteiger partial charge in [0.2, 0.25) is 11.8 Å². The van der Waals surface area contributed by atoms with Crippen molar-refractivity contribution >= 4 is 22.7 Å². The standard InChI is InChI=1S/C21H23N3O2/c1-14(25)24-12-4-5-19(24)21-22-18-13-16(8-11-20(18)26-21)15-6-9-17(10-7-15)23(2)3/h6-11,13,19H,4-5,12H2,1-3H3/t19-/m0/s1. The zero-order chi connectivity index (χ0) is 18.3. The smallest absolute Gasteiger partial charge is 0.220 e. The second-order valence-corrected chi connectivity index (χ2v) is 7.05. The lowest BCUT2D eigenvalue weighted by atomic mass is 10.0. The maximum absolute atomic E-state index is 11.8. The van der Waals surface area contributed by atoms with Crippen LogP contribution in [0.4, 0.5) is 5.69 Å². The topological polar surface area (TPSA) is 49.6 Å². The van der Waals surface area contributed by atoms with Gasteiger partial charge in [-0.05, 0) is 48.2 Å². The highest BCUT2D eigenvalue weighted by atomic mass is 16.3. The molecule has 1 amide bonds. The van der Waals surface area contributed by atoms with Crippen LogP contribution in [0, 0.1) is 0 Å². The largest absolute Gasteiger partial charge is 0.438 e. The minimum Gasteiger partial charge on any atom is -0.438 e. The summed E-state index contributed by atoms with van der Waals surface area (Å²) in [5, 5.41) is 0. The molecule has 3 aromatic rings. The lowest BCUT2D eigenvalue weighted by molar-refractivity contribution is -0.130. The third-order valence-electron chi connectivity index (χ3n) is 5.06. The molecule has 0 unspecified atom stereocenters. The van der Waals surface area contributed by atoms with E-state index in [1.165, 1.54) is 5.69 Å². The molecule has 1 aliphatic rings. The highest BCUT2D eigenvalue weighted by Gasteiger charge is 2.31. The van der Waals surface area contributed by atoms with Crippen molar-refractivity contribution in [2.45, 2.75) is 25.8 Å². The van der Waals surface area contributed by atoms with Crippen LogP contribution in [0.1, 0.15) is 31.7 Å². The number of hydrogen-bond acceptors (Lipinski definition) is 4. The second-order valence-electron chi connectivity index (χ2n) is 7.05. The van der Waals surface area contributed by atoms with E-state index in [1.807, 2.05) is 25.1 Å². The molecule has 1 fully saturated rings. The number of fused-ring (bicyclic) bond motifs is 1. The van der Waals surface area contributed by atoms with E-state index in [2.05, 4.69) is 41.3 Å². The number of aromatic nitrogens is 1. The minimum atomic E-state index is -0.0391. The average molecular weight is 349 g/mol. The summed E-state index contributed by atoms with van der Waals surface area (Å²) in [5.41, 5.74) is 5.03. The molecule has 0 aliphatic carbocycles. The summed E-state index contributed by atoms with van der Waals surface area (Å²) in [6.07, 6.45) is 1.90. The van der Waals surface area contributed by atoms with Crippen molar-refractivity contribution in [3.63, 3.8) is 0 Å². The van der Waals surface area contributed by atoms with Gasteiger partial charge in [-0.2, -0.15) is 0 Å². The van der Waals surface area contributed by atoms with Crippen molar-refractivity contribution in [1.29, 1.82) is 0 Å². The van der Waals surface area contributed by atoms with Crippen LogP contribution < -0.4 is 4.90 Å². The molecule has 26 heavy (non-hydrogen) atoms. The fraction of sp³-hybridized carbons (Fsp3) is 0.333. The Morgan fingerprint density at radius 2 is 1.88 bits per heavy atom. The summed E-state index contributed by atoms with van der Waals surface area (Å²) in [6, 6.07) is 14.5. The number of benzene rings is 2. The molecule has 1 aromatic heterocycles. The van der Waals surface area contributed by atoms with Crippen LogP contribution in [0.2, 0.25) is 0 Å². The van der Waals surface area contributed by atoms with Gasteiger partial charge in [-0.1, -0.05) is 18.2 Å². The molecule has 4 rings (SSSR count). The van der Waals surface area contributed by atoms with Crippen LogP contribution in [-0.2, 0) is 4.79 Å². The first-order chi connectivity index (χ1) is 12.5. The van der Waals surface area contributed by atoms with Crippen LogP contribution in [0.15, 0.2) is 46.9 Å². The number of nitrogens with zero attached hydrogens (tertiary/aromatic N) is 3. The van der Waals surface area contributed by atoms with E-state index in [0.29, 0.717) is 5.89 Å². The van der Waals surface area contributed by atoms with E-state index < -0.39 is 0 Å². The summed E-state index contributed by atoms with van der Waals surface area (Å²) in [6.45, 7) is 2.39. The van der Waals surface area contributed by atoms with E-state index >= 15 is 0 Å². The first-order valence-electron chi connectivity index (χ1n) is 8.98. The Morgan fingerprint density at radius 3 is 2.58 bits per heavy atom. The molecule has 1 saturated heterocycles. The zero-order valence-electron chi connectivity index (χ0n) is 15.4. The Balaban J connectivity index is 1.66. The number of oxazole rings is 1. The first-order valence-corrected chi connectivity index (χ1v) is 8.98. The third kappa shape index (κ3) is 2.94. The molecule has 2 aromatic carbocycles. The predicted molar refractivity (Wildman–Crippen MR) is 103 cm³/mol. The number of carbonyl (C=O) groups is 1. The fourth-order valence-corrected chi connectivity index (χ4v) is 3.62.